The van der Waals surface area contributed by atoms with Gasteiger partial charge in [-0.2, -0.15) is 0 Å². The van der Waals surface area contributed by atoms with Gasteiger partial charge in [0, 0.05) is 4.47 Å². The quantitative estimate of drug-likeness (QED) is 0.776. The minimum atomic E-state index is -0.0730. The van der Waals surface area contributed by atoms with Gasteiger partial charge in [0.25, 0.3) is 0 Å². The third-order valence-corrected chi connectivity index (χ3v) is 3.40. The molecule has 0 saturated heterocycles. The lowest BCUT2D eigenvalue weighted by Crippen LogP contribution is -2.17. The largest absolute Gasteiger partial charge is 0.326 e. The highest BCUT2D eigenvalue weighted by Gasteiger charge is 2.06. The summed E-state index contributed by atoms with van der Waals surface area (Å²) in [6, 6.07) is 15.7. The van der Waals surface area contributed by atoms with Crippen LogP contribution in [-0.4, -0.2) is 9.55 Å². The van der Waals surface area contributed by atoms with Crippen molar-refractivity contribution in [2.45, 2.75) is 6.54 Å². The second kappa shape index (κ2) is 4.46. The number of nitrogens with one attached hydrogen (secondary N) is 1. The molecule has 3 rings (SSSR count). The number of aromatic amines is 1. The Kier molecular flexibility index (Phi) is 2.80. The van der Waals surface area contributed by atoms with Crippen LogP contribution in [-0.2, 0) is 6.54 Å². The van der Waals surface area contributed by atoms with E-state index in [0.717, 1.165) is 21.1 Å². The van der Waals surface area contributed by atoms with Gasteiger partial charge in [0.05, 0.1) is 17.6 Å². The third kappa shape index (κ3) is 1.99. The first-order valence-corrected chi connectivity index (χ1v) is 6.45. The fourth-order valence-corrected chi connectivity index (χ4v) is 2.53. The molecule has 0 aliphatic rings. The smallest absolute Gasteiger partial charge is 0.306 e. The summed E-state index contributed by atoms with van der Waals surface area (Å²) in [5.74, 6) is 0. The second-order valence-corrected chi connectivity index (χ2v) is 5.08. The Morgan fingerprint density at radius 2 is 1.94 bits per heavy atom. The van der Waals surface area contributed by atoms with Crippen molar-refractivity contribution in [3.05, 3.63) is 69.1 Å². The van der Waals surface area contributed by atoms with Crippen LogP contribution in [0.15, 0.2) is 57.8 Å². The van der Waals surface area contributed by atoms with Crippen LogP contribution in [0.4, 0.5) is 0 Å². The summed E-state index contributed by atoms with van der Waals surface area (Å²) in [6.07, 6.45) is 0. The van der Waals surface area contributed by atoms with Gasteiger partial charge in [-0.15, -0.1) is 0 Å². The number of imidazole rings is 1. The van der Waals surface area contributed by atoms with Crippen LogP contribution >= 0.6 is 15.9 Å². The molecule has 0 radical (unpaired) electrons. The third-order valence-electron chi connectivity index (χ3n) is 2.91. The van der Waals surface area contributed by atoms with Gasteiger partial charge in [-0.25, -0.2) is 4.79 Å². The minimum absolute atomic E-state index is 0.0730. The number of rotatable bonds is 2. The molecule has 0 aliphatic carbocycles. The molecule has 1 N–H and O–H groups in total. The lowest BCUT2D eigenvalue weighted by molar-refractivity contribution is 0.786. The standard InChI is InChI=1S/C14H11BrN2O/c15-11-5-3-4-10(8-11)9-17-13-7-2-1-6-12(13)16-14(17)18/h1-8H,9H2,(H,16,18). The molecule has 0 saturated carbocycles. The van der Waals surface area contributed by atoms with Crippen LogP contribution in [0.25, 0.3) is 11.0 Å². The highest BCUT2D eigenvalue weighted by molar-refractivity contribution is 9.10. The molecule has 0 atom stereocenters. The van der Waals surface area contributed by atoms with Crippen molar-refractivity contribution in [1.82, 2.24) is 9.55 Å². The van der Waals surface area contributed by atoms with Gasteiger partial charge in [-0.3, -0.25) is 4.57 Å². The number of fused-ring (bicyclic) bond motifs is 1. The molecule has 4 heteroatoms. The topological polar surface area (TPSA) is 37.8 Å². The second-order valence-electron chi connectivity index (χ2n) is 4.16. The van der Waals surface area contributed by atoms with E-state index in [1.165, 1.54) is 0 Å². The number of hydrogen-bond acceptors (Lipinski definition) is 1. The Labute approximate surface area is 112 Å². The summed E-state index contributed by atoms with van der Waals surface area (Å²) >= 11 is 3.44. The summed E-state index contributed by atoms with van der Waals surface area (Å²) in [5, 5.41) is 0. The maximum atomic E-state index is 11.9. The molecule has 3 nitrogen and oxygen atoms in total. The van der Waals surface area contributed by atoms with E-state index in [-0.39, 0.29) is 5.69 Å². The van der Waals surface area contributed by atoms with Crippen molar-refractivity contribution in [3.63, 3.8) is 0 Å². The lowest BCUT2D eigenvalue weighted by Gasteiger charge is -2.04. The zero-order valence-electron chi connectivity index (χ0n) is 9.56. The summed E-state index contributed by atoms with van der Waals surface area (Å²) in [6.45, 7) is 0.572. The molecule has 18 heavy (non-hydrogen) atoms. The number of H-pyrrole nitrogens is 1. The van der Waals surface area contributed by atoms with Gasteiger partial charge in [0.2, 0.25) is 0 Å². The van der Waals surface area contributed by atoms with E-state index in [9.17, 15) is 4.79 Å². The molecule has 0 amide bonds. The van der Waals surface area contributed by atoms with E-state index in [1.54, 1.807) is 4.57 Å². The first kappa shape index (κ1) is 11.3. The maximum absolute atomic E-state index is 11.9. The van der Waals surface area contributed by atoms with Crippen LogP contribution in [0.2, 0.25) is 0 Å². The number of nitrogens with zero attached hydrogens (tertiary/aromatic N) is 1. The lowest BCUT2D eigenvalue weighted by atomic mass is 10.2. The summed E-state index contributed by atoms with van der Waals surface area (Å²) in [4.78, 5) is 14.8. The van der Waals surface area contributed by atoms with Crippen molar-refractivity contribution >= 4 is 27.0 Å². The summed E-state index contributed by atoms with van der Waals surface area (Å²) in [7, 11) is 0. The van der Waals surface area contributed by atoms with Crippen LogP contribution < -0.4 is 5.69 Å². The summed E-state index contributed by atoms with van der Waals surface area (Å²) in [5.41, 5.74) is 2.83. The number of halogens is 1. The van der Waals surface area contributed by atoms with Gasteiger partial charge in [0.1, 0.15) is 0 Å². The van der Waals surface area contributed by atoms with Crippen molar-refractivity contribution in [2.75, 3.05) is 0 Å². The van der Waals surface area contributed by atoms with E-state index in [1.807, 2.05) is 48.5 Å². The van der Waals surface area contributed by atoms with Gasteiger partial charge in [-0.1, -0.05) is 40.2 Å². The monoisotopic (exact) mass is 302 g/mol. The van der Waals surface area contributed by atoms with Gasteiger partial charge >= 0.3 is 5.69 Å². The predicted octanol–water partition coefficient (Wildman–Crippen LogP) is 3.14. The van der Waals surface area contributed by atoms with Crippen LogP contribution in [0.1, 0.15) is 5.56 Å². The molecule has 90 valence electrons. The van der Waals surface area contributed by atoms with E-state index in [2.05, 4.69) is 20.9 Å². The number of para-hydroxylation sites is 2. The van der Waals surface area contributed by atoms with E-state index >= 15 is 0 Å². The zero-order valence-corrected chi connectivity index (χ0v) is 11.1. The number of aromatic nitrogens is 2. The van der Waals surface area contributed by atoms with Crippen LogP contribution in [0.3, 0.4) is 0 Å². The molecule has 2 aromatic carbocycles. The van der Waals surface area contributed by atoms with Crippen molar-refractivity contribution < 1.29 is 0 Å². The van der Waals surface area contributed by atoms with Crippen LogP contribution in [0, 0.1) is 0 Å². The van der Waals surface area contributed by atoms with E-state index in [4.69, 9.17) is 0 Å². The first-order valence-electron chi connectivity index (χ1n) is 5.66. The average Bonchev–Trinajstić information content (AvgIpc) is 2.66. The molecule has 0 unspecified atom stereocenters. The molecule has 0 bridgehead atoms. The fourth-order valence-electron chi connectivity index (χ4n) is 2.08. The zero-order chi connectivity index (χ0) is 12.5. The fraction of sp³-hybridized carbons (Fsp3) is 0.0714. The van der Waals surface area contributed by atoms with Gasteiger partial charge < -0.3 is 4.98 Å². The van der Waals surface area contributed by atoms with Gasteiger partial charge in [0.15, 0.2) is 0 Å². The SMILES string of the molecule is O=c1[nH]c2ccccc2n1Cc1cccc(Br)c1. The maximum Gasteiger partial charge on any atom is 0.326 e. The highest BCUT2D eigenvalue weighted by Crippen LogP contribution is 2.15. The van der Waals surface area contributed by atoms with Crippen molar-refractivity contribution in [2.24, 2.45) is 0 Å². The number of hydrogen-bond donors (Lipinski definition) is 1. The van der Waals surface area contributed by atoms with Crippen LogP contribution in [0.5, 0.6) is 0 Å². The molecule has 1 heterocycles. The molecule has 3 aromatic rings. The molecular formula is C14H11BrN2O. The first-order chi connectivity index (χ1) is 8.74. The molecule has 0 fully saturated rings. The number of benzene rings is 2. The molecular weight excluding hydrogens is 292 g/mol. The van der Waals surface area contributed by atoms with E-state index in [0.29, 0.717) is 6.54 Å². The normalized spacial score (nSPS) is 10.9. The predicted molar refractivity (Wildman–Crippen MR) is 75.8 cm³/mol. The van der Waals surface area contributed by atoms with Crippen molar-refractivity contribution in [1.29, 1.82) is 0 Å². The summed E-state index contributed by atoms with van der Waals surface area (Å²) < 4.78 is 2.77. The van der Waals surface area contributed by atoms with Gasteiger partial charge in [-0.05, 0) is 29.8 Å². The van der Waals surface area contributed by atoms with Crippen molar-refractivity contribution in [3.8, 4) is 0 Å². The molecule has 1 aromatic heterocycles. The highest BCUT2D eigenvalue weighted by atomic mass is 79.9. The molecule has 0 spiro atoms. The Balaban J connectivity index is 2.10. The van der Waals surface area contributed by atoms with E-state index < -0.39 is 0 Å². The average molecular weight is 303 g/mol. The minimum Gasteiger partial charge on any atom is -0.306 e. The Morgan fingerprint density at radius 3 is 2.78 bits per heavy atom. The Bertz CT molecular complexity index is 758. The Hall–Kier alpha value is -1.81. The Morgan fingerprint density at radius 1 is 1.11 bits per heavy atom. The molecule has 0 aliphatic heterocycles.